The SMILES string of the molecule is CCc1nsc(NC2COCC2O)n1. The van der Waals surface area contributed by atoms with Crippen LogP contribution in [0.5, 0.6) is 0 Å². The van der Waals surface area contributed by atoms with E-state index >= 15 is 0 Å². The molecule has 0 aromatic carbocycles. The molecule has 1 saturated heterocycles. The molecule has 2 rings (SSSR count). The van der Waals surface area contributed by atoms with Gasteiger partial charge in [0.15, 0.2) is 0 Å². The predicted molar refractivity (Wildman–Crippen MR) is 53.5 cm³/mol. The molecule has 6 heteroatoms. The first kappa shape index (κ1) is 9.82. The molecule has 78 valence electrons. The number of rotatable bonds is 3. The van der Waals surface area contributed by atoms with E-state index in [4.69, 9.17) is 4.74 Å². The van der Waals surface area contributed by atoms with Crippen molar-refractivity contribution in [2.45, 2.75) is 25.5 Å². The highest BCUT2D eigenvalue weighted by atomic mass is 32.1. The van der Waals surface area contributed by atoms with Gasteiger partial charge in [-0.15, -0.1) is 0 Å². The zero-order valence-electron chi connectivity index (χ0n) is 7.93. The van der Waals surface area contributed by atoms with Crippen molar-refractivity contribution in [3.8, 4) is 0 Å². The topological polar surface area (TPSA) is 67.3 Å². The summed E-state index contributed by atoms with van der Waals surface area (Å²) in [6.07, 6.45) is 0.394. The Morgan fingerprint density at radius 2 is 2.50 bits per heavy atom. The van der Waals surface area contributed by atoms with E-state index in [2.05, 4.69) is 14.7 Å². The molecule has 1 aromatic heterocycles. The van der Waals surface area contributed by atoms with E-state index in [-0.39, 0.29) is 6.04 Å². The van der Waals surface area contributed by atoms with Crippen molar-refractivity contribution in [1.29, 1.82) is 0 Å². The Balaban J connectivity index is 1.96. The predicted octanol–water partition coefficient (Wildman–Crippen LogP) is 0.272. The van der Waals surface area contributed by atoms with Crippen molar-refractivity contribution < 1.29 is 9.84 Å². The van der Waals surface area contributed by atoms with Gasteiger partial charge in [0.2, 0.25) is 5.13 Å². The van der Waals surface area contributed by atoms with E-state index in [0.29, 0.717) is 13.2 Å². The largest absolute Gasteiger partial charge is 0.388 e. The Labute approximate surface area is 86.3 Å². The standard InChI is InChI=1S/C8H13N3O2S/c1-2-7-10-8(14-11-7)9-5-3-13-4-6(5)12/h5-6,12H,2-4H2,1H3,(H,9,10,11). The van der Waals surface area contributed by atoms with Crippen LogP contribution in [-0.2, 0) is 11.2 Å². The summed E-state index contributed by atoms with van der Waals surface area (Å²) in [4.78, 5) is 4.26. The Kier molecular flexibility index (Phi) is 2.95. The minimum absolute atomic E-state index is 0.0485. The summed E-state index contributed by atoms with van der Waals surface area (Å²) in [6, 6.07) is -0.0485. The van der Waals surface area contributed by atoms with E-state index in [1.165, 1.54) is 11.5 Å². The third-order valence-electron chi connectivity index (χ3n) is 2.14. The number of hydrogen-bond donors (Lipinski definition) is 2. The fourth-order valence-electron chi connectivity index (χ4n) is 1.30. The van der Waals surface area contributed by atoms with Crippen LogP contribution in [-0.4, -0.2) is 39.8 Å². The minimum Gasteiger partial charge on any atom is -0.388 e. The average molecular weight is 215 g/mol. The molecule has 5 nitrogen and oxygen atoms in total. The van der Waals surface area contributed by atoms with Crippen molar-refractivity contribution in [2.24, 2.45) is 0 Å². The van der Waals surface area contributed by atoms with Crippen LogP contribution in [0.3, 0.4) is 0 Å². The third kappa shape index (κ3) is 2.02. The summed E-state index contributed by atoms with van der Waals surface area (Å²) in [5.41, 5.74) is 0. The number of hydrogen-bond acceptors (Lipinski definition) is 6. The summed E-state index contributed by atoms with van der Waals surface area (Å²) in [5, 5.41) is 13.4. The molecule has 0 radical (unpaired) electrons. The first-order valence-electron chi connectivity index (χ1n) is 4.64. The zero-order valence-corrected chi connectivity index (χ0v) is 8.75. The fourth-order valence-corrected chi connectivity index (χ4v) is 2.01. The number of aromatic nitrogens is 2. The quantitative estimate of drug-likeness (QED) is 0.757. The first-order valence-corrected chi connectivity index (χ1v) is 5.42. The highest BCUT2D eigenvalue weighted by Crippen LogP contribution is 2.16. The maximum Gasteiger partial charge on any atom is 0.202 e. The first-order chi connectivity index (χ1) is 6.79. The van der Waals surface area contributed by atoms with Crippen LogP contribution in [0.25, 0.3) is 0 Å². The van der Waals surface area contributed by atoms with Gasteiger partial charge in [0.1, 0.15) is 5.82 Å². The lowest BCUT2D eigenvalue weighted by molar-refractivity contribution is 0.125. The molecule has 0 bridgehead atoms. The summed E-state index contributed by atoms with van der Waals surface area (Å²) < 4.78 is 9.27. The van der Waals surface area contributed by atoms with Crippen LogP contribution < -0.4 is 5.32 Å². The average Bonchev–Trinajstić information content (AvgIpc) is 2.77. The molecule has 2 atom stereocenters. The van der Waals surface area contributed by atoms with Crippen molar-refractivity contribution in [1.82, 2.24) is 9.36 Å². The van der Waals surface area contributed by atoms with Gasteiger partial charge in [-0.2, -0.15) is 4.37 Å². The van der Waals surface area contributed by atoms with Crippen molar-refractivity contribution >= 4 is 16.7 Å². The number of aliphatic hydroxyl groups is 1. The second kappa shape index (κ2) is 4.20. The summed E-state index contributed by atoms with van der Waals surface area (Å²) >= 11 is 1.32. The van der Waals surface area contributed by atoms with Gasteiger partial charge in [-0.1, -0.05) is 6.92 Å². The molecule has 1 aromatic rings. The molecular formula is C8H13N3O2S. The number of aliphatic hydroxyl groups excluding tert-OH is 1. The molecule has 2 unspecified atom stereocenters. The van der Waals surface area contributed by atoms with Gasteiger partial charge in [0.05, 0.1) is 25.4 Å². The van der Waals surface area contributed by atoms with Crippen LogP contribution in [0.1, 0.15) is 12.7 Å². The number of aryl methyl sites for hydroxylation is 1. The van der Waals surface area contributed by atoms with Crippen molar-refractivity contribution in [3.63, 3.8) is 0 Å². The zero-order chi connectivity index (χ0) is 9.97. The number of anilines is 1. The van der Waals surface area contributed by atoms with Crippen LogP contribution >= 0.6 is 11.5 Å². The van der Waals surface area contributed by atoms with E-state index < -0.39 is 6.10 Å². The molecule has 0 saturated carbocycles. The van der Waals surface area contributed by atoms with E-state index in [1.807, 2.05) is 6.92 Å². The molecule has 1 aliphatic heterocycles. The number of nitrogens with zero attached hydrogens (tertiary/aromatic N) is 2. The highest BCUT2D eigenvalue weighted by Gasteiger charge is 2.26. The molecule has 2 N–H and O–H groups in total. The Bertz CT molecular complexity index is 305. The monoisotopic (exact) mass is 215 g/mol. The highest BCUT2D eigenvalue weighted by molar-refractivity contribution is 7.09. The minimum atomic E-state index is -0.441. The lowest BCUT2D eigenvalue weighted by Gasteiger charge is -2.12. The maximum absolute atomic E-state index is 9.48. The fraction of sp³-hybridized carbons (Fsp3) is 0.750. The van der Waals surface area contributed by atoms with Crippen LogP contribution in [0.15, 0.2) is 0 Å². The lowest BCUT2D eigenvalue weighted by atomic mass is 10.2. The summed E-state index contributed by atoms with van der Waals surface area (Å²) in [7, 11) is 0. The number of nitrogens with one attached hydrogen (secondary N) is 1. The number of ether oxygens (including phenoxy) is 1. The molecule has 0 aliphatic carbocycles. The van der Waals surface area contributed by atoms with E-state index in [0.717, 1.165) is 17.4 Å². The van der Waals surface area contributed by atoms with Gasteiger partial charge in [0.25, 0.3) is 0 Å². The van der Waals surface area contributed by atoms with Crippen molar-refractivity contribution in [2.75, 3.05) is 18.5 Å². The van der Waals surface area contributed by atoms with Gasteiger partial charge in [-0.3, -0.25) is 0 Å². The van der Waals surface area contributed by atoms with Crippen molar-refractivity contribution in [3.05, 3.63) is 5.82 Å². The summed E-state index contributed by atoms with van der Waals surface area (Å²) in [5.74, 6) is 0.839. The molecule has 1 aliphatic rings. The van der Waals surface area contributed by atoms with E-state index in [9.17, 15) is 5.11 Å². The van der Waals surface area contributed by atoms with Gasteiger partial charge >= 0.3 is 0 Å². The Morgan fingerprint density at radius 1 is 1.64 bits per heavy atom. The molecule has 0 amide bonds. The van der Waals surface area contributed by atoms with Crippen LogP contribution in [0, 0.1) is 0 Å². The molecule has 1 fully saturated rings. The molecular weight excluding hydrogens is 202 g/mol. The van der Waals surface area contributed by atoms with Gasteiger partial charge in [0, 0.05) is 18.0 Å². The smallest absolute Gasteiger partial charge is 0.202 e. The van der Waals surface area contributed by atoms with Gasteiger partial charge < -0.3 is 15.2 Å². The second-order valence-electron chi connectivity index (χ2n) is 3.22. The second-order valence-corrected chi connectivity index (χ2v) is 3.98. The van der Waals surface area contributed by atoms with E-state index in [1.54, 1.807) is 0 Å². The molecule has 2 heterocycles. The molecule has 0 spiro atoms. The lowest BCUT2D eigenvalue weighted by Crippen LogP contribution is -2.31. The maximum atomic E-state index is 9.48. The van der Waals surface area contributed by atoms with Gasteiger partial charge in [-0.05, 0) is 0 Å². The Hall–Kier alpha value is -0.720. The Morgan fingerprint density at radius 3 is 3.07 bits per heavy atom. The summed E-state index contributed by atoms with van der Waals surface area (Å²) in [6.45, 7) is 2.94. The van der Waals surface area contributed by atoms with Crippen LogP contribution in [0.4, 0.5) is 5.13 Å². The van der Waals surface area contributed by atoms with Gasteiger partial charge in [-0.25, -0.2) is 4.98 Å². The van der Waals surface area contributed by atoms with Crippen LogP contribution in [0.2, 0.25) is 0 Å². The normalized spacial score (nSPS) is 26.7. The molecule has 14 heavy (non-hydrogen) atoms. The third-order valence-corrected chi connectivity index (χ3v) is 2.83.